The molecule has 0 amide bonds. The van der Waals surface area contributed by atoms with Crippen molar-refractivity contribution in [3.05, 3.63) is 24.4 Å². The molecule has 0 spiro atoms. The third-order valence-corrected chi connectivity index (χ3v) is 7.75. The smallest absolute Gasteiger partial charge is 0.217 e. The van der Waals surface area contributed by atoms with Crippen molar-refractivity contribution in [1.82, 2.24) is 9.29 Å². The molecule has 1 saturated carbocycles. The Labute approximate surface area is 143 Å². The lowest BCUT2D eigenvalue weighted by molar-refractivity contribution is -0.128. The van der Waals surface area contributed by atoms with E-state index in [9.17, 15) is 8.42 Å². The summed E-state index contributed by atoms with van der Waals surface area (Å²) in [5.74, 6) is 0.582. The Kier molecular flexibility index (Phi) is 4.26. The molecule has 1 aromatic heterocycles. The third kappa shape index (κ3) is 3.05. The monoisotopic (exact) mass is 352 g/mol. The van der Waals surface area contributed by atoms with E-state index in [1.165, 1.54) is 0 Å². The van der Waals surface area contributed by atoms with Gasteiger partial charge in [-0.25, -0.2) is 17.7 Å². The summed E-state index contributed by atoms with van der Waals surface area (Å²) in [6.07, 6.45) is 6.00. The Balaban J connectivity index is 1.53. The lowest BCUT2D eigenvalue weighted by Gasteiger charge is -2.49. The summed E-state index contributed by atoms with van der Waals surface area (Å²) in [6, 6.07) is 5.57. The van der Waals surface area contributed by atoms with E-state index >= 15 is 0 Å². The number of hydrogen-bond donors (Lipinski definition) is 0. The minimum Gasteiger partial charge on any atom is -0.477 e. The fourth-order valence-electron chi connectivity index (χ4n) is 3.90. The van der Waals surface area contributed by atoms with Crippen molar-refractivity contribution in [2.75, 3.05) is 26.3 Å². The number of aromatic nitrogens is 1. The van der Waals surface area contributed by atoms with Gasteiger partial charge in [-0.2, -0.15) is 0 Å². The average Bonchev–Trinajstić information content (AvgIpc) is 3.46. The van der Waals surface area contributed by atoms with Crippen molar-refractivity contribution in [2.45, 2.75) is 43.5 Å². The second kappa shape index (κ2) is 6.28. The molecule has 3 aliphatic rings. The highest BCUT2D eigenvalue weighted by molar-refractivity contribution is 7.90. The Morgan fingerprint density at radius 2 is 2.21 bits per heavy atom. The van der Waals surface area contributed by atoms with Gasteiger partial charge in [0, 0.05) is 37.4 Å². The van der Waals surface area contributed by atoms with E-state index in [1.54, 1.807) is 10.5 Å². The molecule has 3 fully saturated rings. The molecule has 6 nitrogen and oxygen atoms in total. The van der Waals surface area contributed by atoms with Crippen LogP contribution in [0.4, 0.5) is 0 Å². The highest BCUT2D eigenvalue weighted by Gasteiger charge is 2.51. The molecule has 1 aromatic rings. The maximum Gasteiger partial charge on any atom is 0.217 e. The molecule has 7 heteroatoms. The van der Waals surface area contributed by atoms with Crippen LogP contribution in [0.15, 0.2) is 24.4 Å². The van der Waals surface area contributed by atoms with Crippen LogP contribution < -0.4 is 4.74 Å². The van der Waals surface area contributed by atoms with Crippen LogP contribution in [0.1, 0.15) is 32.1 Å². The first kappa shape index (κ1) is 16.3. The maximum absolute atomic E-state index is 12.7. The van der Waals surface area contributed by atoms with E-state index in [4.69, 9.17) is 9.47 Å². The first-order valence-corrected chi connectivity index (χ1v) is 10.2. The molecule has 3 heterocycles. The standard InChI is InChI=1S/C17H24N2O4S/c20-24(21,14-5-6-14)19-10-7-15-17(12-19,8-3-11-22-15)13-23-16-4-1-2-9-18-16/h1-2,4,9,14-15H,3,5-8,10-13H2/t15-,17+/m0/s1. The Morgan fingerprint density at radius 1 is 1.33 bits per heavy atom. The molecule has 0 radical (unpaired) electrons. The van der Waals surface area contributed by atoms with E-state index < -0.39 is 10.0 Å². The van der Waals surface area contributed by atoms with Gasteiger partial charge in [-0.3, -0.25) is 0 Å². The molecule has 0 unspecified atom stereocenters. The number of ether oxygens (including phenoxy) is 2. The SMILES string of the molecule is O=S(=O)(C1CC1)N1CC[C@@H]2OCCC[C@]2(COc2ccccn2)C1. The first-order valence-electron chi connectivity index (χ1n) is 8.75. The van der Waals surface area contributed by atoms with Crippen LogP contribution in [-0.2, 0) is 14.8 Å². The summed E-state index contributed by atoms with van der Waals surface area (Å²) in [6.45, 7) is 2.27. The van der Waals surface area contributed by atoms with E-state index in [1.807, 2.05) is 18.2 Å². The normalized spacial score (nSPS) is 31.4. The van der Waals surface area contributed by atoms with E-state index in [0.29, 0.717) is 25.6 Å². The molecule has 4 rings (SSSR count). The van der Waals surface area contributed by atoms with Gasteiger partial charge in [-0.15, -0.1) is 0 Å². The van der Waals surface area contributed by atoms with Gasteiger partial charge in [-0.05, 0) is 38.2 Å². The average molecular weight is 352 g/mol. The fourth-order valence-corrected chi connectivity index (χ4v) is 5.85. The molecular weight excluding hydrogens is 328 g/mol. The zero-order valence-corrected chi connectivity index (χ0v) is 14.6. The molecule has 24 heavy (non-hydrogen) atoms. The summed E-state index contributed by atoms with van der Waals surface area (Å²) in [5.41, 5.74) is -0.268. The van der Waals surface area contributed by atoms with Crippen LogP contribution >= 0.6 is 0 Å². The molecule has 1 aliphatic carbocycles. The van der Waals surface area contributed by atoms with Gasteiger partial charge in [0.2, 0.25) is 15.9 Å². The Bertz CT molecular complexity index is 677. The molecule has 0 N–H and O–H groups in total. The molecule has 132 valence electrons. The van der Waals surface area contributed by atoms with Crippen LogP contribution in [0.25, 0.3) is 0 Å². The fraction of sp³-hybridized carbons (Fsp3) is 0.706. The summed E-state index contributed by atoms with van der Waals surface area (Å²) >= 11 is 0. The quantitative estimate of drug-likeness (QED) is 0.809. The van der Waals surface area contributed by atoms with Crippen LogP contribution in [0, 0.1) is 5.41 Å². The van der Waals surface area contributed by atoms with E-state index in [2.05, 4.69) is 4.98 Å². The summed E-state index contributed by atoms with van der Waals surface area (Å²) in [5, 5.41) is -0.160. The van der Waals surface area contributed by atoms with Gasteiger partial charge in [0.1, 0.15) is 0 Å². The number of hydrogen-bond acceptors (Lipinski definition) is 5. The van der Waals surface area contributed by atoms with Crippen LogP contribution in [0.5, 0.6) is 5.88 Å². The maximum atomic E-state index is 12.7. The number of sulfonamides is 1. The van der Waals surface area contributed by atoms with Crippen molar-refractivity contribution >= 4 is 10.0 Å². The molecule has 2 aliphatic heterocycles. The van der Waals surface area contributed by atoms with E-state index in [-0.39, 0.29) is 16.8 Å². The second-order valence-corrected chi connectivity index (χ2v) is 9.36. The summed E-state index contributed by atoms with van der Waals surface area (Å²) in [7, 11) is -3.15. The third-order valence-electron chi connectivity index (χ3n) is 5.40. The number of nitrogens with zero attached hydrogens (tertiary/aromatic N) is 2. The minimum absolute atomic E-state index is 0.0700. The largest absolute Gasteiger partial charge is 0.477 e. The predicted octanol–water partition coefficient (Wildman–Crippen LogP) is 1.82. The van der Waals surface area contributed by atoms with Gasteiger partial charge in [0.05, 0.1) is 18.0 Å². The second-order valence-electron chi connectivity index (χ2n) is 7.15. The first-order chi connectivity index (χ1) is 11.6. The van der Waals surface area contributed by atoms with Crippen molar-refractivity contribution in [3.63, 3.8) is 0 Å². The van der Waals surface area contributed by atoms with Crippen molar-refractivity contribution < 1.29 is 17.9 Å². The molecule has 0 aromatic carbocycles. The van der Waals surface area contributed by atoms with Crippen molar-refractivity contribution in [3.8, 4) is 5.88 Å². The summed E-state index contributed by atoms with van der Waals surface area (Å²) < 4.78 is 39.0. The van der Waals surface area contributed by atoms with Crippen LogP contribution in [-0.4, -0.2) is 55.4 Å². The number of piperidine rings is 1. The highest BCUT2D eigenvalue weighted by Crippen LogP contribution is 2.43. The Hall–Kier alpha value is -1.18. The number of pyridine rings is 1. The van der Waals surface area contributed by atoms with Crippen molar-refractivity contribution in [1.29, 1.82) is 0 Å². The van der Waals surface area contributed by atoms with Gasteiger partial charge in [0.15, 0.2) is 0 Å². The van der Waals surface area contributed by atoms with Crippen LogP contribution in [0.2, 0.25) is 0 Å². The molecule has 0 bridgehead atoms. The number of rotatable bonds is 5. The zero-order chi connectivity index (χ0) is 16.6. The lowest BCUT2D eigenvalue weighted by Crippen LogP contribution is -2.58. The van der Waals surface area contributed by atoms with E-state index in [0.717, 1.165) is 38.7 Å². The highest BCUT2D eigenvalue weighted by atomic mass is 32.2. The zero-order valence-electron chi connectivity index (χ0n) is 13.8. The number of fused-ring (bicyclic) bond motifs is 1. The summed E-state index contributed by atoms with van der Waals surface area (Å²) in [4.78, 5) is 4.21. The predicted molar refractivity (Wildman–Crippen MR) is 89.3 cm³/mol. The van der Waals surface area contributed by atoms with Gasteiger partial charge in [0.25, 0.3) is 0 Å². The van der Waals surface area contributed by atoms with Gasteiger partial charge < -0.3 is 9.47 Å². The minimum atomic E-state index is -3.15. The van der Waals surface area contributed by atoms with Gasteiger partial charge in [-0.1, -0.05) is 6.07 Å². The molecular formula is C17H24N2O4S. The van der Waals surface area contributed by atoms with Gasteiger partial charge >= 0.3 is 0 Å². The Morgan fingerprint density at radius 3 is 2.96 bits per heavy atom. The molecule has 2 saturated heterocycles. The topological polar surface area (TPSA) is 68.7 Å². The molecule has 2 atom stereocenters. The lowest BCUT2D eigenvalue weighted by atomic mass is 9.73. The van der Waals surface area contributed by atoms with Crippen LogP contribution in [0.3, 0.4) is 0 Å². The van der Waals surface area contributed by atoms with Crippen molar-refractivity contribution in [2.24, 2.45) is 5.41 Å².